The number of ether oxygens (including phenoxy) is 2. The Hall–Kier alpha value is -3.85. The summed E-state index contributed by atoms with van der Waals surface area (Å²) in [6, 6.07) is 17.6. The van der Waals surface area contributed by atoms with Gasteiger partial charge in [-0.05, 0) is 123 Å². The van der Waals surface area contributed by atoms with Gasteiger partial charge >= 0.3 is 0 Å². The summed E-state index contributed by atoms with van der Waals surface area (Å²) in [6.45, 7) is 9.33. The second-order valence-electron chi connectivity index (χ2n) is 15.5. The Balaban J connectivity index is 1.30. The number of hydrogen-bond acceptors (Lipinski definition) is 11. The molecule has 0 saturated heterocycles. The van der Waals surface area contributed by atoms with Gasteiger partial charge in [-0.3, -0.25) is 4.79 Å². The molecule has 8 rings (SSSR count). The molecule has 0 unspecified atom stereocenters. The highest BCUT2D eigenvalue weighted by atomic mass is 35.5. The SMILES string of the molecule is CC(C)Oc1c(C(=O)c2cc(S(C)(=O)=O)cc(N3CCc4c(sc5ccc(Cl)cc45)C3)c2OC(C)C)cc(S(C)(=O)=O)cc1N1CCc2c(sc3ccc(Cl)cc23)C1. The first-order valence-corrected chi connectivity index (χ1v) is 25.1. The molecule has 0 bridgehead atoms. The van der Waals surface area contributed by atoms with Crippen molar-refractivity contribution in [3.63, 3.8) is 0 Å². The van der Waals surface area contributed by atoms with Crippen molar-refractivity contribution in [2.75, 3.05) is 35.4 Å². The van der Waals surface area contributed by atoms with E-state index in [1.54, 1.807) is 34.8 Å². The van der Waals surface area contributed by atoms with E-state index in [2.05, 4.69) is 9.80 Å². The number of nitrogens with zero attached hydrogens (tertiary/aromatic N) is 2. The number of fused-ring (bicyclic) bond motifs is 6. The van der Waals surface area contributed by atoms with Gasteiger partial charge in [0.1, 0.15) is 0 Å². The fraction of sp³-hybridized carbons (Fsp3) is 0.326. The van der Waals surface area contributed by atoms with Gasteiger partial charge in [-0.2, -0.15) is 0 Å². The quantitative estimate of drug-likeness (QED) is 0.124. The first-order valence-electron chi connectivity index (χ1n) is 18.9. The van der Waals surface area contributed by atoms with Crippen LogP contribution in [0.3, 0.4) is 0 Å². The molecule has 4 heterocycles. The van der Waals surface area contributed by atoms with E-state index in [0.29, 0.717) is 60.4 Å². The molecule has 0 amide bonds. The summed E-state index contributed by atoms with van der Waals surface area (Å²) >= 11 is 16.1. The highest BCUT2D eigenvalue weighted by Crippen LogP contribution is 2.46. The predicted molar refractivity (Wildman–Crippen MR) is 237 cm³/mol. The molecule has 0 N–H and O–H groups in total. The molecule has 2 aliphatic heterocycles. The van der Waals surface area contributed by atoms with Crippen LogP contribution in [0.15, 0.2) is 70.5 Å². The van der Waals surface area contributed by atoms with Crippen molar-refractivity contribution < 1.29 is 31.1 Å². The van der Waals surface area contributed by atoms with Gasteiger partial charge in [-0.15, -0.1) is 22.7 Å². The smallest absolute Gasteiger partial charge is 0.200 e. The lowest BCUT2D eigenvalue weighted by atomic mass is 9.97. The molecular formula is C43H42Cl2N2O7S4. The average molecular weight is 898 g/mol. The molecule has 0 radical (unpaired) electrons. The summed E-state index contributed by atoms with van der Waals surface area (Å²) in [5.74, 6) is -0.185. The Morgan fingerprint density at radius 3 is 1.40 bits per heavy atom. The number of carbonyl (C=O) groups excluding carboxylic acids is 1. The molecule has 0 fully saturated rings. The number of hydrogen-bond donors (Lipinski definition) is 0. The standard InChI is InChI=1S/C43H42Cl2N2O7S4/c1-23(2)53-42-33(17-27(57(5,49)50)19-35(42)46-13-11-29-31-15-25(44)7-9-37(31)55-39(29)21-46)41(48)34-18-28(58(6,51)52)20-36(43(34)54-24(3)4)47-14-12-30-32-16-26(45)8-10-38(32)56-40(30)22-47/h7-10,15-20,23-24H,11-14,21-22H2,1-6H3. The van der Waals surface area contributed by atoms with Crippen LogP contribution < -0.4 is 19.3 Å². The molecule has 0 saturated carbocycles. The molecule has 0 aliphatic carbocycles. The second kappa shape index (κ2) is 15.3. The van der Waals surface area contributed by atoms with Gasteiger partial charge in [0, 0.05) is 54.8 Å². The highest BCUT2D eigenvalue weighted by Gasteiger charge is 2.34. The highest BCUT2D eigenvalue weighted by molar-refractivity contribution is 7.91. The molecule has 304 valence electrons. The first-order chi connectivity index (χ1) is 27.3. The maximum absolute atomic E-state index is 15.4. The van der Waals surface area contributed by atoms with Crippen LogP contribution in [-0.4, -0.2) is 60.4 Å². The number of thiophene rings is 2. The number of anilines is 2. The van der Waals surface area contributed by atoms with Crippen LogP contribution in [0.1, 0.15) is 64.5 Å². The Morgan fingerprint density at radius 2 is 1.03 bits per heavy atom. The summed E-state index contributed by atoms with van der Waals surface area (Å²) in [6.07, 6.45) is 2.75. The summed E-state index contributed by atoms with van der Waals surface area (Å²) in [7, 11) is -7.70. The van der Waals surface area contributed by atoms with E-state index in [-0.39, 0.29) is 32.4 Å². The third-order valence-corrected chi connectivity index (χ3v) is 15.5. The van der Waals surface area contributed by atoms with Crippen molar-refractivity contribution >= 4 is 103 Å². The number of carbonyl (C=O) groups is 1. The molecule has 4 aromatic carbocycles. The van der Waals surface area contributed by atoms with E-state index in [1.807, 2.05) is 64.1 Å². The molecule has 9 nitrogen and oxygen atoms in total. The van der Waals surface area contributed by atoms with Gasteiger partial charge in [0.25, 0.3) is 0 Å². The van der Waals surface area contributed by atoms with Gasteiger partial charge in [-0.1, -0.05) is 23.2 Å². The average Bonchev–Trinajstić information content (AvgIpc) is 3.69. The Morgan fingerprint density at radius 1 is 0.638 bits per heavy atom. The molecular weight excluding hydrogens is 856 g/mol. The number of benzene rings is 4. The van der Waals surface area contributed by atoms with E-state index >= 15 is 4.79 Å². The lowest BCUT2D eigenvalue weighted by Crippen LogP contribution is -2.31. The van der Waals surface area contributed by atoms with Crippen LogP contribution in [-0.2, 0) is 45.6 Å². The zero-order chi connectivity index (χ0) is 41.4. The summed E-state index contributed by atoms with van der Waals surface area (Å²) in [4.78, 5) is 21.6. The van der Waals surface area contributed by atoms with Crippen molar-refractivity contribution in [2.45, 2.75) is 75.6 Å². The van der Waals surface area contributed by atoms with Crippen molar-refractivity contribution in [1.29, 1.82) is 0 Å². The maximum atomic E-state index is 15.4. The van der Waals surface area contributed by atoms with E-state index in [0.717, 1.165) is 42.4 Å². The minimum absolute atomic E-state index is 0.00642. The van der Waals surface area contributed by atoms with Crippen LogP contribution in [0.4, 0.5) is 11.4 Å². The van der Waals surface area contributed by atoms with Crippen molar-refractivity contribution in [2.24, 2.45) is 0 Å². The van der Waals surface area contributed by atoms with Crippen LogP contribution in [0.2, 0.25) is 10.0 Å². The van der Waals surface area contributed by atoms with E-state index in [1.165, 1.54) is 23.3 Å². The molecule has 15 heteroatoms. The van der Waals surface area contributed by atoms with Gasteiger partial charge in [-0.25, -0.2) is 16.8 Å². The summed E-state index contributed by atoms with van der Waals surface area (Å²) in [5, 5.41) is 3.53. The molecule has 2 aromatic heterocycles. The van der Waals surface area contributed by atoms with Crippen LogP contribution in [0.5, 0.6) is 11.5 Å². The third kappa shape index (κ3) is 7.81. The maximum Gasteiger partial charge on any atom is 0.200 e. The minimum Gasteiger partial charge on any atom is -0.488 e. The number of ketones is 1. The van der Waals surface area contributed by atoms with Gasteiger partial charge < -0.3 is 19.3 Å². The van der Waals surface area contributed by atoms with Crippen molar-refractivity contribution in [3.05, 3.63) is 103 Å². The number of halogens is 2. The Labute approximate surface area is 356 Å². The van der Waals surface area contributed by atoms with E-state index < -0.39 is 37.7 Å². The van der Waals surface area contributed by atoms with Gasteiger partial charge in [0.05, 0.1) is 57.6 Å². The zero-order valence-corrected chi connectivity index (χ0v) is 37.6. The third-order valence-electron chi connectivity index (χ3n) is 10.4. The Kier molecular flexibility index (Phi) is 10.8. The van der Waals surface area contributed by atoms with E-state index in [9.17, 15) is 16.8 Å². The number of rotatable bonds is 10. The fourth-order valence-corrected chi connectivity index (χ4v) is 12.0. The van der Waals surface area contributed by atoms with Gasteiger partial charge in [0.15, 0.2) is 31.2 Å². The second-order valence-corrected chi connectivity index (χ2v) is 22.7. The number of sulfone groups is 2. The minimum atomic E-state index is -3.85. The van der Waals surface area contributed by atoms with E-state index in [4.69, 9.17) is 32.7 Å². The molecule has 6 aromatic rings. The fourth-order valence-electron chi connectivity index (χ4n) is 7.83. The molecule has 58 heavy (non-hydrogen) atoms. The largest absolute Gasteiger partial charge is 0.488 e. The van der Waals surface area contributed by atoms with Gasteiger partial charge in [0.2, 0.25) is 5.78 Å². The first kappa shape index (κ1) is 40.9. The van der Waals surface area contributed by atoms with Crippen molar-refractivity contribution in [3.8, 4) is 11.5 Å². The predicted octanol–water partition coefficient (Wildman–Crippen LogP) is 10.2. The molecule has 2 aliphatic rings. The summed E-state index contributed by atoms with van der Waals surface area (Å²) < 4.78 is 68.8. The molecule has 0 spiro atoms. The monoisotopic (exact) mass is 896 g/mol. The zero-order valence-electron chi connectivity index (χ0n) is 32.8. The molecule has 0 atom stereocenters. The topological polar surface area (TPSA) is 110 Å². The normalized spacial score (nSPS) is 14.7. The van der Waals surface area contributed by atoms with Crippen LogP contribution in [0, 0.1) is 0 Å². The lowest BCUT2D eigenvalue weighted by molar-refractivity contribution is 0.102. The van der Waals surface area contributed by atoms with Crippen LogP contribution >= 0.6 is 45.9 Å². The van der Waals surface area contributed by atoms with Crippen LogP contribution in [0.25, 0.3) is 20.2 Å². The van der Waals surface area contributed by atoms with Crippen molar-refractivity contribution in [1.82, 2.24) is 0 Å². The lowest BCUT2D eigenvalue weighted by Gasteiger charge is -2.33. The Bertz CT molecular complexity index is 2690. The summed E-state index contributed by atoms with van der Waals surface area (Å²) in [5.41, 5.74) is 3.30.